The van der Waals surface area contributed by atoms with Gasteiger partial charge in [-0.15, -0.1) is 11.3 Å². The molecule has 0 atom stereocenters. The summed E-state index contributed by atoms with van der Waals surface area (Å²) >= 11 is 1.27. The van der Waals surface area contributed by atoms with Crippen LogP contribution in [0.4, 0.5) is 15.2 Å². The minimum Gasteiger partial charge on any atom is -0.343 e. The fraction of sp³-hybridized carbons (Fsp3) is 0.150. The number of hydrogen-bond donors (Lipinski definition) is 2. The average Bonchev–Trinajstić information content (AvgIpc) is 3.06. The first-order valence-corrected chi connectivity index (χ1v) is 9.62. The van der Waals surface area contributed by atoms with Gasteiger partial charge < -0.3 is 10.6 Å². The van der Waals surface area contributed by atoms with Crippen LogP contribution in [0.2, 0.25) is 0 Å². The number of halogens is 1. The normalized spacial score (nSPS) is 10.5. The van der Waals surface area contributed by atoms with E-state index in [0.717, 1.165) is 10.4 Å². The van der Waals surface area contributed by atoms with Crippen LogP contribution < -0.4 is 10.6 Å². The number of thiazole rings is 1. The number of nitrogens with zero attached hydrogens (tertiary/aromatic N) is 2. The van der Waals surface area contributed by atoms with Crippen LogP contribution in [0.3, 0.4) is 0 Å². The van der Waals surface area contributed by atoms with Crippen LogP contribution in [-0.4, -0.2) is 28.3 Å². The Balaban J connectivity index is 1.60. The molecule has 1 heterocycles. The summed E-state index contributed by atoms with van der Waals surface area (Å²) in [6.07, 6.45) is 0. The monoisotopic (exact) mass is 428 g/mol. The Morgan fingerprint density at radius 2 is 1.87 bits per heavy atom. The fourth-order valence-corrected chi connectivity index (χ4v) is 3.61. The molecule has 3 aromatic rings. The first-order chi connectivity index (χ1) is 14.2. The van der Waals surface area contributed by atoms with E-state index in [1.165, 1.54) is 48.6 Å². The number of aryl methyl sites for hydroxylation is 2. The topological polar surface area (TPSA) is 114 Å². The van der Waals surface area contributed by atoms with Crippen molar-refractivity contribution in [2.24, 2.45) is 0 Å². The van der Waals surface area contributed by atoms with Gasteiger partial charge in [-0.3, -0.25) is 19.7 Å². The smallest absolute Gasteiger partial charge is 0.272 e. The van der Waals surface area contributed by atoms with Crippen molar-refractivity contribution in [3.63, 3.8) is 0 Å². The maximum Gasteiger partial charge on any atom is 0.272 e. The van der Waals surface area contributed by atoms with E-state index in [1.54, 1.807) is 12.1 Å². The lowest BCUT2D eigenvalue weighted by Crippen LogP contribution is -2.32. The standard InChI is InChI=1S/C20H17FN4O4S/c1-11-9-14(5-8-16(11)25(28)29)19(27)22-10-17(26)23-20-24-18(12(2)30-20)13-3-6-15(21)7-4-13/h3-9H,10H2,1-2H3,(H,22,27)(H,23,24,26). The number of aromatic nitrogens is 1. The number of rotatable bonds is 6. The summed E-state index contributed by atoms with van der Waals surface area (Å²) < 4.78 is 13.1. The molecule has 8 nitrogen and oxygen atoms in total. The molecule has 0 aliphatic carbocycles. The Hall–Kier alpha value is -3.66. The van der Waals surface area contributed by atoms with Crippen molar-refractivity contribution < 1.29 is 18.9 Å². The fourth-order valence-electron chi connectivity index (χ4n) is 2.75. The molecule has 0 saturated heterocycles. The third-order valence-electron chi connectivity index (χ3n) is 4.23. The molecule has 30 heavy (non-hydrogen) atoms. The predicted octanol–water partition coefficient (Wildman–Crippen LogP) is 3.84. The van der Waals surface area contributed by atoms with E-state index in [4.69, 9.17) is 0 Å². The Kier molecular flexibility index (Phi) is 6.17. The number of anilines is 1. The summed E-state index contributed by atoms with van der Waals surface area (Å²) in [7, 11) is 0. The van der Waals surface area contributed by atoms with Crippen LogP contribution in [0.5, 0.6) is 0 Å². The molecule has 0 fully saturated rings. The lowest BCUT2D eigenvalue weighted by Gasteiger charge is -2.06. The molecule has 0 bridgehead atoms. The van der Waals surface area contributed by atoms with Crippen LogP contribution in [0.1, 0.15) is 20.8 Å². The molecule has 2 amide bonds. The highest BCUT2D eigenvalue weighted by Crippen LogP contribution is 2.30. The summed E-state index contributed by atoms with van der Waals surface area (Å²) in [6.45, 7) is 3.08. The zero-order valence-corrected chi connectivity index (χ0v) is 16.9. The van der Waals surface area contributed by atoms with Crippen molar-refractivity contribution in [3.05, 3.63) is 74.4 Å². The third-order valence-corrected chi connectivity index (χ3v) is 5.11. The van der Waals surface area contributed by atoms with Crippen LogP contribution in [0, 0.1) is 29.8 Å². The Morgan fingerprint density at radius 1 is 1.17 bits per heavy atom. The SMILES string of the molecule is Cc1cc(C(=O)NCC(=O)Nc2nc(-c3ccc(F)cc3)c(C)s2)ccc1[N+](=O)[O-]. The second-order valence-electron chi connectivity index (χ2n) is 6.42. The Morgan fingerprint density at radius 3 is 2.50 bits per heavy atom. The number of nitrogens with one attached hydrogen (secondary N) is 2. The molecular formula is C20H17FN4O4S. The minimum absolute atomic E-state index is 0.0830. The second-order valence-corrected chi connectivity index (χ2v) is 7.62. The largest absolute Gasteiger partial charge is 0.343 e. The summed E-state index contributed by atoms with van der Waals surface area (Å²) in [6, 6.07) is 9.86. The van der Waals surface area contributed by atoms with Gasteiger partial charge in [0, 0.05) is 27.6 Å². The first kappa shape index (κ1) is 21.1. The molecule has 2 aromatic carbocycles. The third kappa shape index (κ3) is 4.84. The quantitative estimate of drug-likeness (QED) is 0.457. The molecule has 2 N–H and O–H groups in total. The number of hydrogen-bond acceptors (Lipinski definition) is 6. The van der Waals surface area contributed by atoms with Crippen molar-refractivity contribution in [3.8, 4) is 11.3 Å². The van der Waals surface area contributed by atoms with Crippen molar-refractivity contribution in [2.75, 3.05) is 11.9 Å². The van der Waals surface area contributed by atoms with Gasteiger partial charge in [-0.05, 0) is 50.2 Å². The second kappa shape index (κ2) is 8.78. The lowest BCUT2D eigenvalue weighted by molar-refractivity contribution is -0.385. The van der Waals surface area contributed by atoms with Gasteiger partial charge in [0.25, 0.3) is 11.6 Å². The zero-order chi connectivity index (χ0) is 21.8. The number of benzene rings is 2. The maximum atomic E-state index is 13.1. The van der Waals surface area contributed by atoms with Gasteiger partial charge in [0.15, 0.2) is 5.13 Å². The lowest BCUT2D eigenvalue weighted by atomic mass is 10.1. The summed E-state index contributed by atoms with van der Waals surface area (Å²) in [5, 5.41) is 16.3. The first-order valence-electron chi connectivity index (χ1n) is 8.81. The summed E-state index contributed by atoms with van der Waals surface area (Å²) in [5.74, 6) is -1.34. The molecule has 0 unspecified atom stereocenters. The van der Waals surface area contributed by atoms with Gasteiger partial charge in [0.05, 0.1) is 17.2 Å². The van der Waals surface area contributed by atoms with Crippen molar-refractivity contribution in [1.82, 2.24) is 10.3 Å². The number of carbonyl (C=O) groups is 2. The van der Waals surface area contributed by atoms with E-state index in [2.05, 4.69) is 15.6 Å². The van der Waals surface area contributed by atoms with Crippen LogP contribution in [-0.2, 0) is 4.79 Å². The molecule has 1 aromatic heterocycles. The van der Waals surface area contributed by atoms with E-state index in [-0.39, 0.29) is 23.6 Å². The zero-order valence-electron chi connectivity index (χ0n) is 16.1. The molecule has 0 radical (unpaired) electrons. The van der Waals surface area contributed by atoms with Crippen LogP contribution >= 0.6 is 11.3 Å². The molecule has 3 rings (SSSR count). The van der Waals surface area contributed by atoms with Gasteiger partial charge in [0.1, 0.15) is 5.82 Å². The van der Waals surface area contributed by atoms with E-state index >= 15 is 0 Å². The van der Waals surface area contributed by atoms with Crippen molar-refractivity contribution in [2.45, 2.75) is 13.8 Å². The summed E-state index contributed by atoms with van der Waals surface area (Å²) in [4.78, 5) is 39.9. The molecule has 0 spiro atoms. The minimum atomic E-state index is -0.527. The highest BCUT2D eigenvalue weighted by molar-refractivity contribution is 7.16. The highest BCUT2D eigenvalue weighted by Gasteiger charge is 2.16. The van der Waals surface area contributed by atoms with E-state index in [1.807, 2.05) is 6.92 Å². The highest BCUT2D eigenvalue weighted by atomic mass is 32.1. The van der Waals surface area contributed by atoms with E-state index in [9.17, 15) is 24.1 Å². The van der Waals surface area contributed by atoms with Crippen molar-refractivity contribution >= 4 is 34.0 Å². The molecule has 0 aliphatic heterocycles. The number of nitro groups is 1. The van der Waals surface area contributed by atoms with Gasteiger partial charge in [-0.25, -0.2) is 9.37 Å². The van der Waals surface area contributed by atoms with Crippen molar-refractivity contribution in [1.29, 1.82) is 0 Å². The van der Waals surface area contributed by atoms with E-state index < -0.39 is 16.7 Å². The molecule has 154 valence electrons. The molecule has 10 heteroatoms. The number of nitro benzene ring substituents is 1. The van der Waals surface area contributed by atoms with Crippen LogP contribution in [0.25, 0.3) is 11.3 Å². The molecule has 0 aliphatic rings. The van der Waals surface area contributed by atoms with Gasteiger partial charge in [-0.1, -0.05) is 0 Å². The predicted molar refractivity (Wildman–Crippen MR) is 111 cm³/mol. The Labute approximate surface area is 174 Å². The average molecular weight is 428 g/mol. The van der Waals surface area contributed by atoms with Gasteiger partial charge in [-0.2, -0.15) is 0 Å². The number of carbonyl (C=O) groups excluding carboxylic acids is 2. The molecule has 0 saturated carbocycles. The van der Waals surface area contributed by atoms with Crippen LogP contribution in [0.15, 0.2) is 42.5 Å². The van der Waals surface area contributed by atoms with Gasteiger partial charge in [0.2, 0.25) is 5.91 Å². The van der Waals surface area contributed by atoms with Gasteiger partial charge >= 0.3 is 0 Å². The Bertz CT molecular complexity index is 1130. The van der Waals surface area contributed by atoms with E-state index in [0.29, 0.717) is 16.4 Å². The maximum absolute atomic E-state index is 13.1. The number of amides is 2. The molecular weight excluding hydrogens is 411 g/mol. The summed E-state index contributed by atoms with van der Waals surface area (Å²) in [5.41, 5.74) is 1.85.